The summed E-state index contributed by atoms with van der Waals surface area (Å²) in [6, 6.07) is 12.5. The molecule has 0 spiro atoms. The molecule has 2 aromatic rings. The second-order valence-corrected chi connectivity index (χ2v) is 9.01. The molecule has 0 unspecified atom stereocenters. The molecular weight excluding hydrogens is 464 g/mol. The van der Waals surface area contributed by atoms with Gasteiger partial charge in [0.25, 0.3) is 5.91 Å². The molecule has 1 fully saturated rings. The SMILES string of the molecule is COc1cc2ccc1OCC(=O)N[C@@H]1CN(CC(N)=O)CC[C@H]1Oc1ccc(cc1)CNC(=O)CC2. The topological polar surface area (TPSA) is 132 Å². The minimum Gasteiger partial charge on any atom is -0.493 e. The van der Waals surface area contributed by atoms with Gasteiger partial charge in [-0.25, -0.2) is 0 Å². The molecule has 0 radical (unpaired) electrons. The van der Waals surface area contributed by atoms with Crippen molar-refractivity contribution in [3.05, 3.63) is 53.6 Å². The largest absolute Gasteiger partial charge is 0.493 e. The number of primary amides is 1. The second kappa shape index (κ2) is 11.8. The van der Waals surface area contributed by atoms with Crippen molar-refractivity contribution in [3.63, 3.8) is 0 Å². The number of hydrogen-bond acceptors (Lipinski definition) is 7. The number of ether oxygens (including phenoxy) is 3. The normalized spacial score (nSPS) is 21.4. The number of nitrogens with one attached hydrogen (secondary N) is 2. The second-order valence-electron chi connectivity index (χ2n) is 9.01. The van der Waals surface area contributed by atoms with Crippen LogP contribution in [0.25, 0.3) is 0 Å². The van der Waals surface area contributed by atoms with Crippen molar-refractivity contribution in [2.75, 3.05) is 33.4 Å². The summed E-state index contributed by atoms with van der Waals surface area (Å²) >= 11 is 0. The number of nitrogens with two attached hydrogens (primary N) is 1. The lowest BCUT2D eigenvalue weighted by Crippen LogP contribution is -2.58. The standard InChI is InChI=1S/C26H32N4O6/c1-34-23-12-17-4-8-22(23)35-16-26(33)29-20-14-30(15-24(27)31)11-10-21(20)36-19-6-2-18(3-7-19)13-28-25(32)9-5-17/h2-4,6-8,12,20-21H,5,9-11,13-16H2,1H3,(H2,27,31)(H,28,32)(H,29,33)/t20-,21-/m1/s1. The van der Waals surface area contributed by atoms with Crippen molar-refractivity contribution in [2.45, 2.75) is 38.0 Å². The molecule has 36 heavy (non-hydrogen) atoms. The van der Waals surface area contributed by atoms with Crippen molar-refractivity contribution in [3.8, 4) is 17.2 Å². The number of amides is 3. The Balaban J connectivity index is 1.55. The third-order valence-corrected chi connectivity index (χ3v) is 6.29. The maximum absolute atomic E-state index is 12.8. The zero-order chi connectivity index (χ0) is 25.5. The fraction of sp³-hybridized carbons (Fsp3) is 0.423. The number of aryl methyl sites for hydroxylation is 1. The van der Waals surface area contributed by atoms with Crippen molar-refractivity contribution < 1.29 is 28.6 Å². The lowest BCUT2D eigenvalue weighted by atomic mass is 10.0. The molecule has 5 aliphatic heterocycles. The first-order valence-electron chi connectivity index (χ1n) is 12.0. The van der Waals surface area contributed by atoms with Gasteiger partial charge >= 0.3 is 0 Å². The number of piperidine rings is 1. The summed E-state index contributed by atoms with van der Waals surface area (Å²) in [4.78, 5) is 38.5. The van der Waals surface area contributed by atoms with Gasteiger partial charge in [0, 0.05) is 26.1 Å². The third-order valence-electron chi connectivity index (χ3n) is 6.29. The zero-order valence-corrected chi connectivity index (χ0v) is 20.3. The van der Waals surface area contributed by atoms with E-state index in [-0.39, 0.29) is 37.1 Å². The fourth-order valence-electron chi connectivity index (χ4n) is 4.43. The van der Waals surface area contributed by atoms with E-state index >= 15 is 0 Å². The van der Waals surface area contributed by atoms with Gasteiger partial charge < -0.3 is 30.6 Å². The van der Waals surface area contributed by atoms with Gasteiger partial charge in [0.15, 0.2) is 18.1 Å². The number of likely N-dealkylation sites (tertiary alicyclic amines) is 1. The van der Waals surface area contributed by atoms with Gasteiger partial charge in [-0.2, -0.15) is 0 Å². The first kappa shape index (κ1) is 25.3. The van der Waals surface area contributed by atoms with Crippen LogP contribution in [0.3, 0.4) is 0 Å². The predicted octanol–water partition coefficient (Wildman–Crippen LogP) is 0.760. The number of nitrogens with zero attached hydrogens (tertiary/aromatic N) is 1. The molecule has 0 aromatic heterocycles. The van der Waals surface area contributed by atoms with E-state index in [1.165, 1.54) is 7.11 Å². The molecule has 4 bridgehead atoms. The van der Waals surface area contributed by atoms with Gasteiger partial charge in [0.05, 0.1) is 19.7 Å². The van der Waals surface area contributed by atoms with Crippen LogP contribution in [0, 0.1) is 0 Å². The molecule has 2 atom stereocenters. The number of carbonyl (C=O) groups is 3. The van der Waals surface area contributed by atoms with E-state index in [4.69, 9.17) is 19.9 Å². The molecule has 2 aromatic carbocycles. The Hall–Kier alpha value is -3.79. The minimum atomic E-state index is -0.422. The van der Waals surface area contributed by atoms with Crippen molar-refractivity contribution >= 4 is 17.7 Å². The Kier molecular flexibility index (Phi) is 8.27. The molecule has 192 valence electrons. The maximum Gasteiger partial charge on any atom is 0.258 e. The molecular formula is C26H32N4O6. The summed E-state index contributed by atoms with van der Waals surface area (Å²) in [7, 11) is 1.53. The van der Waals surface area contributed by atoms with Crippen molar-refractivity contribution in [1.29, 1.82) is 0 Å². The van der Waals surface area contributed by atoms with Crippen molar-refractivity contribution in [2.24, 2.45) is 5.73 Å². The van der Waals surface area contributed by atoms with Crippen LogP contribution in [0.1, 0.15) is 24.0 Å². The number of carbonyl (C=O) groups excluding carboxylic acids is 3. The van der Waals surface area contributed by atoms with Crippen LogP contribution in [-0.4, -0.2) is 68.1 Å². The van der Waals surface area contributed by atoms with E-state index < -0.39 is 5.91 Å². The Labute approximate surface area is 210 Å². The van der Waals surface area contributed by atoms with Gasteiger partial charge in [-0.05, 0) is 48.2 Å². The lowest BCUT2D eigenvalue weighted by molar-refractivity contribution is -0.125. The molecule has 3 amide bonds. The maximum atomic E-state index is 12.8. The molecule has 4 N–H and O–H groups in total. The number of hydrogen-bond donors (Lipinski definition) is 3. The van der Waals surface area contributed by atoms with E-state index in [0.29, 0.717) is 56.1 Å². The molecule has 5 aliphatic rings. The zero-order valence-electron chi connectivity index (χ0n) is 20.3. The summed E-state index contributed by atoms with van der Waals surface area (Å²) in [6.07, 6.45) is 1.18. The third kappa shape index (κ3) is 6.88. The lowest BCUT2D eigenvalue weighted by Gasteiger charge is -2.38. The van der Waals surface area contributed by atoms with Crippen LogP contribution in [0.2, 0.25) is 0 Å². The Morgan fingerprint density at radius 1 is 1.11 bits per heavy atom. The summed E-state index contributed by atoms with van der Waals surface area (Å²) in [5.74, 6) is 0.790. The van der Waals surface area contributed by atoms with Gasteiger partial charge in [-0.15, -0.1) is 0 Å². The van der Waals surface area contributed by atoms with Gasteiger partial charge in [0.2, 0.25) is 11.8 Å². The molecule has 0 saturated carbocycles. The van der Waals surface area contributed by atoms with E-state index in [0.717, 1.165) is 11.1 Å². The van der Waals surface area contributed by atoms with E-state index in [1.807, 2.05) is 41.3 Å². The van der Waals surface area contributed by atoms with E-state index in [2.05, 4.69) is 10.6 Å². The summed E-state index contributed by atoms with van der Waals surface area (Å²) < 4.78 is 17.4. The minimum absolute atomic E-state index is 0.0498. The molecule has 5 heterocycles. The molecule has 1 saturated heterocycles. The highest BCUT2D eigenvalue weighted by molar-refractivity contribution is 5.78. The highest BCUT2D eigenvalue weighted by Gasteiger charge is 2.32. The smallest absolute Gasteiger partial charge is 0.258 e. The van der Waals surface area contributed by atoms with Crippen LogP contribution in [0.4, 0.5) is 0 Å². The highest BCUT2D eigenvalue weighted by atomic mass is 16.5. The number of rotatable bonds is 3. The fourth-order valence-corrected chi connectivity index (χ4v) is 4.43. The van der Waals surface area contributed by atoms with Crippen LogP contribution < -0.4 is 30.6 Å². The molecule has 10 nitrogen and oxygen atoms in total. The number of benzene rings is 2. The summed E-state index contributed by atoms with van der Waals surface area (Å²) in [5.41, 5.74) is 7.26. The average Bonchev–Trinajstić information content (AvgIpc) is 2.86. The number of methoxy groups -OCH3 is 1. The van der Waals surface area contributed by atoms with Gasteiger partial charge in [-0.3, -0.25) is 19.3 Å². The first-order chi connectivity index (χ1) is 17.4. The average molecular weight is 497 g/mol. The van der Waals surface area contributed by atoms with E-state index in [1.54, 1.807) is 6.07 Å². The van der Waals surface area contributed by atoms with Crippen LogP contribution in [0.15, 0.2) is 42.5 Å². The highest BCUT2D eigenvalue weighted by Crippen LogP contribution is 2.28. The first-order valence-corrected chi connectivity index (χ1v) is 12.0. The molecule has 7 rings (SSSR count). The van der Waals surface area contributed by atoms with Gasteiger partial charge in [0.1, 0.15) is 11.9 Å². The predicted molar refractivity (Wildman–Crippen MR) is 132 cm³/mol. The van der Waals surface area contributed by atoms with E-state index in [9.17, 15) is 14.4 Å². The van der Waals surface area contributed by atoms with Crippen LogP contribution in [-0.2, 0) is 27.3 Å². The Bertz CT molecular complexity index is 1090. The van der Waals surface area contributed by atoms with Crippen LogP contribution in [0.5, 0.6) is 17.2 Å². The molecule has 0 aliphatic carbocycles. The summed E-state index contributed by atoms with van der Waals surface area (Å²) in [5, 5.41) is 5.94. The molecule has 10 heteroatoms. The monoisotopic (exact) mass is 496 g/mol. The van der Waals surface area contributed by atoms with Gasteiger partial charge in [-0.1, -0.05) is 18.2 Å². The summed E-state index contributed by atoms with van der Waals surface area (Å²) in [6.45, 7) is 1.34. The van der Waals surface area contributed by atoms with Crippen molar-refractivity contribution in [1.82, 2.24) is 15.5 Å². The Morgan fingerprint density at radius 2 is 1.89 bits per heavy atom. The van der Waals surface area contributed by atoms with Crippen LogP contribution >= 0.6 is 0 Å². The Morgan fingerprint density at radius 3 is 2.64 bits per heavy atom. The quantitative estimate of drug-likeness (QED) is 0.572.